The Labute approximate surface area is 245 Å². The van der Waals surface area contributed by atoms with Crippen molar-refractivity contribution in [1.29, 1.82) is 5.26 Å². The van der Waals surface area contributed by atoms with Gasteiger partial charge in [-0.3, -0.25) is 10.1 Å². The molecule has 2 bridgehead atoms. The first-order chi connectivity index (χ1) is 20.4. The number of amides is 2. The topological polar surface area (TPSA) is 176 Å². The number of hydrogen-bond acceptors (Lipinski definition) is 9. The minimum absolute atomic E-state index is 0.265. The standard InChI is InChI=1S/C28H27ClN10O3/c1-42-28(41)33-19-8-9-20-22(14-19)31-12-4-2-3-5-21(27-35-23(15-30)26(20)36-27)34-25(40)11-6-17-13-18(29)7-10-24(17)39-16-32-37-38-39/h6-11,13-14,16,21,31H,2-5,12H2,1H3,(H,33,41)(H,34,40)(H,35,36)/b11-6+. The third kappa shape index (κ3) is 6.56. The van der Waals surface area contributed by atoms with Crippen molar-refractivity contribution in [2.24, 2.45) is 0 Å². The zero-order valence-corrected chi connectivity index (χ0v) is 23.4. The number of nitrogens with one attached hydrogen (secondary N) is 4. The lowest BCUT2D eigenvalue weighted by molar-refractivity contribution is -0.117. The molecule has 0 fully saturated rings. The number of nitriles is 1. The average molecular weight is 587 g/mol. The second-order valence-corrected chi connectivity index (χ2v) is 9.90. The molecular weight excluding hydrogens is 560 g/mol. The van der Waals surface area contributed by atoms with Crippen LogP contribution in [0.25, 0.3) is 23.0 Å². The van der Waals surface area contributed by atoms with Crippen LogP contribution in [0, 0.1) is 11.3 Å². The molecule has 4 N–H and O–H groups in total. The molecule has 0 saturated heterocycles. The SMILES string of the molecule is COC(=O)Nc1ccc2c(c1)NCCCCCC(NC(=O)/C=C/c1cc(Cl)ccc1-n1cnnn1)c1nc-2c(C#N)[nH]1. The number of fused-ring (bicyclic) bond motifs is 4. The summed E-state index contributed by atoms with van der Waals surface area (Å²) in [5.74, 6) is 0.135. The third-order valence-electron chi connectivity index (χ3n) is 6.67. The monoisotopic (exact) mass is 586 g/mol. The normalized spacial score (nSPS) is 14.9. The van der Waals surface area contributed by atoms with Crippen LogP contribution in [-0.4, -0.2) is 55.8 Å². The fourth-order valence-electron chi connectivity index (χ4n) is 4.65. The molecule has 4 aromatic rings. The van der Waals surface area contributed by atoms with E-state index in [1.165, 1.54) is 24.2 Å². The number of tetrazole rings is 1. The maximum atomic E-state index is 13.1. The summed E-state index contributed by atoms with van der Waals surface area (Å²) in [6, 6.07) is 12.2. The van der Waals surface area contributed by atoms with E-state index in [2.05, 4.69) is 42.5 Å². The zero-order valence-electron chi connectivity index (χ0n) is 22.6. The van der Waals surface area contributed by atoms with Crippen molar-refractivity contribution >= 4 is 41.1 Å². The zero-order chi connectivity index (χ0) is 29.5. The molecule has 2 amide bonds. The van der Waals surface area contributed by atoms with Gasteiger partial charge in [0.25, 0.3) is 0 Å². The van der Waals surface area contributed by atoms with E-state index in [9.17, 15) is 14.9 Å². The van der Waals surface area contributed by atoms with Crippen LogP contribution in [0.4, 0.5) is 16.2 Å². The van der Waals surface area contributed by atoms with Crippen molar-refractivity contribution in [2.45, 2.75) is 31.7 Å². The van der Waals surface area contributed by atoms with E-state index in [-0.39, 0.29) is 11.6 Å². The summed E-state index contributed by atoms with van der Waals surface area (Å²) in [4.78, 5) is 32.7. The number of methoxy groups -OCH3 is 1. The molecule has 1 aliphatic rings. The molecule has 0 radical (unpaired) electrons. The lowest BCUT2D eigenvalue weighted by Crippen LogP contribution is -2.28. The predicted octanol–water partition coefficient (Wildman–Crippen LogP) is 4.61. The number of H-pyrrole nitrogens is 1. The molecule has 13 nitrogen and oxygen atoms in total. The minimum Gasteiger partial charge on any atom is -0.453 e. The van der Waals surface area contributed by atoms with Gasteiger partial charge < -0.3 is 20.4 Å². The van der Waals surface area contributed by atoms with Crippen LogP contribution in [0.15, 0.2) is 48.8 Å². The Bertz CT molecular complexity index is 1660. The molecule has 0 saturated carbocycles. The molecule has 0 aliphatic carbocycles. The Morgan fingerprint density at radius 3 is 2.88 bits per heavy atom. The highest BCUT2D eigenvalue weighted by atomic mass is 35.5. The second kappa shape index (κ2) is 13.0. The minimum atomic E-state index is -0.586. The van der Waals surface area contributed by atoms with Gasteiger partial charge in [0, 0.05) is 40.1 Å². The lowest BCUT2D eigenvalue weighted by Gasteiger charge is -2.17. The van der Waals surface area contributed by atoms with Gasteiger partial charge in [-0.2, -0.15) is 9.94 Å². The molecule has 2 aromatic heterocycles. The van der Waals surface area contributed by atoms with E-state index in [0.717, 1.165) is 19.3 Å². The highest BCUT2D eigenvalue weighted by molar-refractivity contribution is 6.30. The Hall–Kier alpha value is -5.22. The number of halogens is 1. The highest BCUT2D eigenvalue weighted by Crippen LogP contribution is 2.34. The maximum absolute atomic E-state index is 13.1. The third-order valence-corrected chi connectivity index (χ3v) is 6.91. The molecule has 0 spiro atoms. The Morgan fingerprint density at radius 1 is 1.21 bits per heavy atom. The van der Waals surface area contributed by atoms with E-state index in [0.29, 0.717) is 57.7 Å². The van der Waals surface area contributed by atoms with Gasteiger partial charge in [-0.25, -0.2) is 9.78 Å². The number of imidazole rings is 1. The quantitative estimate of drug-likeness (QED) is 0.243. The maximum Gasteiger partial charge on any atom is 0.411 e. The molecule has 214 valence electrons. The Balaban J connectivity index is 1.42. The van der Waals surface area contributed by atoms with Crippen molar-refractivity contribution in [3.05, 3.63) is 70.9 Å². The van der Waals surface area contributed by atoms with E-state index >= 15 is 0 Å². The summed E-state index contributed by atoms with van der Waals surface area (Å²) in [5.41, 5.74) is 3.95. The van der Waals surface area contributed by atoms with Crippen molar-refractivity contribution in [3.8, 4) is 23.0 Å². The number of anilines is 2. The number of rotatable bonds is 5. The van der Waals surface area contributed by atoms with Crippen LogP contribution in [-0.2, 0) is 9.53 Å². The van der Waals surface area contributed by atoms with E-state index in [4.69, 9.17) is 21.3 Å². The van der Waals surface area contributed by atoms with Gasteiger partial charge in [0.05, 0.1) is 18.8 Å². The van der Waals surface area contributed by atoms with Gasteiger partial charge in [-0.05, 0) is 65.7 Å². The summed E-state index contributed by atoms with van der Waals surface area (Å²) in [6.07, 6.45) is 7.16. The van der Waals surface area contributed by atoms with Crippen LogP contribution in [0.3, 0.4) is 0 Å². The van der Waals surface area contributed by atoms with Crippen LogP contribution in [0.5, 0.6) is 0 Å². The Morgan fingerprint density at radius 2 is 2.10 bits per heavy atom. The van der Waals surface area contributed by atoms with E-state index in [1.807, 2.05) is 0 Å². The van der Waals surface area contributed by atoms with Crippen LogP contribution in [0.1, 0.15) is 48.8 Å². The molecule has 1 atom stereocenters. The van der Waals surface area contributed by atoms with Crippen molar-refractivity contribution in [1.82, 2.24) is 35.5 Å². The number of carbonyl (C=O) groups excluding carboxylic acids is 2. The number of aromatic amines is 1. The molecule has 5 rings (SSSR count). The number of hydrogen-bond donors (Lipinski definition) is 4. The van der Waals surface area contributed by atoms with Crippen LogP contribution in [0.2, 0.25) is 5.02 Å². The summed E-state index contributed by atoms with van der Waals surface area (Å²) in [6.45, 7) is 0.677. The van der Waals surface area contributed by atoms with Gasteiger partial charge in [-0.15, -0.1) is 5.10 Å². The van der Waals surface area contributed by atoms with Crippen LogP contribution >= 0.6 is 11.6 Å². The smallest absolute Gasteiger partial charge is 0.411 e. The first-order valence-corrected chi connectivity index (χ1v) is 13.6. The molecule has 3 heterocycles. The number of ether oxygens (including phenoxy) is 1. The summed E-state index contributed by atoms with van der Waals surface area (Å²) < 4.78 is 6.18. The fraction of sp³-hybridized carbons (Fsp3) is 0.250. The van der Waals surface area contributed by atoms with Gasteiger partial charge in [0.15, 0.2) is 0 Å². The number of nitrogens with zero attached hydrogens (tertiary/aromatic N) is 6. The largest absolute Gasteiger partial charge is 0.453 e. The first-order valence-electron chi connectivity index (χ1n) is 13.2. The number of carbonyl (C=O) groups is 2. The molecule has 42 heavy (non-hydrogen) atoms. The molecule has 1 unspecified atom stereocenters. The number of benzene rings is 2. The van der Waals surface area contributed by atoms with E-state index in [1.54, 1.807) is 42.5 Å². The lowest BCUT2D eigenvalue weighted by atomic mass is 10.0. The highest BCUT2D eigenvalue weighted by Gasteiger charge is 2.23. The van der Waals surface area contributed by atoms with Gasteiger partial charge in [-0.1, -0.05) is 24.4 Å². The van der Waals surface area contributed by atoms with Gasteiger partial charge >= 0.3 is 6.09 Å². The molecule has 1 aliphatic heterocycles. The first kappa shape index (κ1) is 28.3. The van der Waals surface area contributed by atoms with Crippen LogP contribution < -0.4 is 16.0 Å². The molecular formula is C28H27ClN10O3. The molecule has 2 aromatic carbocycles. The van der Waals surface area contributed by atoms with E-state index < -0.39 is 12.1 Å². The summed E-state index contributed by atoms with van der Waals surface area (Å²) in [7, 11) is 1.29. The van der Waals surface area contributed by atoms with Crippen molar-refractivity contribution in [3.63, 3.8) is 0 Å². The Kier molecular flexibility index (Phi) is 8.74. The van der Waals surface area contributed by atoms with Crippen molar-refractivity contribution in [2.75, 3.05) is 24.3 Å². The second-order valence-electron chi connectivity index (χ2n) is 9.46. The number of aromatic nitrogens is 6. The van der Waals surface area contributed by atoms with Crippen molar-refractivity contribution < 1.29 is 14.3 Å². The summed E-state index contributed by atoms with van der Waals surface area (Å²) in [5, 5.41) is 30.8. The predicted molar refractivity (Wildman–Crippen MR) is 156 cm³/mol. The fourth-order valence-corrected chi connectivity index (χ4v) is 4.83. The average Bonchev–Trinajstić information content (AvgIpc) is 3.67. The molecule has 14 heteroatoms. The van der Waals surface area contributed by atoms with Gasteiger partial charge in [0.2, 0.25) is 5.91 Å². The van der Waals surface area contributed by atoms with Gasteiger partial charge in [0.1, 0.15) is 29.6 Å². The summed E-state index contributed by atoms with van der Waals surface area (Å²) >= 11 is 6.20.